The Hall–Kier alpha value is -1.36. The van der Waals surface area contributed by atoms with Gasteiger partial charge in [0.15, 0.2) is 5.82 Å². The third kappa shape index (κ3) is 4.99. The maximum Gasteiger partial charge on any atom is 0.158 e. The van der Waals surface area contributed by atoms with Gasteiger partial charge < -0.3 is 15.8 Å². The van der Waals surface area contributed by atoms with Gasteiger partial charge in [-0.1, -0.05) is 13.3 Å². The molecular formula is C12H22N4O. The van der Waals surface area contributed by atoms with Crippen LogP contribution in [-0.2, 0) is 11.3 Å². The number of ether oxygens (including phenoxy) is 1. The van der Waals surface area contributed by atoms with Crippen LogP contribution in [0.25, 0.3) is 0 Å². The van der Waals surface area contributed by atoms with Crippen LogP contribution in [0.5, 0.6) is 0 Å². The van der Waals surface area contributed by atoms with E-state index in [1.807, 2.05) is 6.92 Å². The van der Waals surface area contributed by atoms with Crippen molar-refractivity contribution in [2.75, 3.05) is 17.7 Å². The number of hydrogen-bond acceptors (Lipinski definition) is 5. The lowest BCUT2D eigenvalue weighted by Crippen LogP contribution is -2.17. The van der Waals surface area contributed by atoms with Crippen molar-refractivity contribution in [1.29, 1.82) is 0 Å². The second kappa shape index (κ2) is 7.06. The van der Waals surface area contributed by atoms with E-state index in [0.29, 0.717) is 30.9 Å². The van der Waals surface area contributed by atoms with Gasteiger partial charge in [0.2, 0.25) is 0 Å². The van der Waals surface area contributed by atoms with Crippen LogP contribution in [0, 0.1) is 0 Å². The van der Waals surface area contributed by atoms with Gasteiger partial charge in [0.05, 0.1) is 0 Å². The number of nitrogens with two attached hydrogens (primary N) is 1. The van der Waals surface area contributed by atoms with Gasteiger partial charge in [-0.3, -0.25) is 0 Å². The molecule has 1 unspecified atom stereocenters. The lowest BCUT2D eigenvalue weighted by Gasteiger charge is -2.14. The van der Waals surface area contributed by atoms with Crippen LogP contribution in [0.4, 0.5) is 11.6 Å². The third-order valence-electron chi connectivity index (χ3n) is 2.34. The summed E-state index contributed by atoms with van der Waals surface area (Å²) in [6.07, 6.45) is 2.24. The van der Waals surface area contributed by atoms with Crippen LogP contribution in [0.15, 0.2) is 6.07 Å². The van der Waals surface area contributed by atoms with Gasteiger partial charge >= 0.3 is 0 Å². The topological polar surface area (TPSA) is 73.1 Å². The average molecular weight is 238 g/mol. The Morgan fingerprint density at radius 3 is 2.82 bits per heavy atom. The molecule has 1 rings (SSSR count). The van der Waals surface area contributed by atoms with Crippen LogP contribution < -0.4 is 11.1 Å². The summed E-state index contributed by atoms with van der Waals surface area (Å²) in [5.74, 6) is 1.87. The Morgan fingerprint density at radius 2 is 2.18 bits per heavy atom. The highest BCUT2D eigenvalue weighted by Gasteiger charge is 2.05. The van der Waals surface area contributed by atoms with Crippen LogP contribution in [0.3, 0.4) is 0 Å². The number of hydrogen-bond donors (Lipinski definition) is 2. The summed E-state index contributed by atoms with van der Waals surface area (Å²) in [5.41, 5.74) is 5.73. The fraction of sp³-hybridized carbons (Fsp3) is 0.667. The number of nitrogen functional groups attached to an aromatic ring is 1. The monoisotopic (exact) mass is 238 g/mol. The summed E-state index contributed by atoms with van der Waals surface area (Å²) >= 11 is 0. The molecule has 3 N–H and O–H groups in total. The van der Waals surface area contributed by atoms with E-state index in [-0.39, 0.29) is 0 Å². The first-order chi connectivity index (χ1) is 8.15. The van der Waals surface area contributed by atoms with E-state index in [4.69, 9.17) is 10.5 Å². The molecule has 5 heteroatoms. The van der Waals surface area contributed by atoms with Crippen molar-refractivity contribution in [3.63, 3.8) is 0 Å². The molecule has 0 spiro atoms. The van der Waals surface area contributed by atoms with Crippen molar-refractivity contribution in [3.05, 3.63) is 11.9 Å². The Morgan fingerprint density at radius 1 is 1.41 bits per heavy atom. The van der Waals surface area contributed by atoms with Crippen LogP contribution >= 0.6 is 0 Å². The summed E-state index contributed by atoms with van der Waals surface area (Å²) in [7, 11) is 0. The van der Waals surface area contributed by atoms with E-state index >= 15 is 0 Å². The lowest BCUT2D eigenvalue weighted by atomic mass is 10.2. The van der Waals surface area contributed by atoms with Gasteiger partial charge in [-0.05, 0) is 20.3 Å². The van der Waals surface area contributed by atoms with Crippen molar-refractivity contribution in [2.45, 2.75) is 46.3 Å². The molecule has 0 aliphatic rings. The molecule has 0 fully saturated rings. The van der Waals surface area contributed by atoms with Crippen molar-refractivity contribution in [3.8, 4) is 0 Å². The summed E-state index contributed by atoms with van der Waals surface area (Å²) in [6.45, 7) is 7.28. The molecule has 0 saturated carbocycles. The minimum Gasteiger partial charge on any atom is -0.384 e. The van der Waals surface area contributed by atoms with Crippen molar-refractivity contribution >= 4 is 11.6 Å². The number of aromatic nitrogens is 2. The molecule has 0 bridgehead atoms. The molecule has 0 aliphatic heterocycles. The predicted octanol–water partition coefficient (Wildman–Crippen LogP) is 2.20. The zero-order valence-electron chi connectivity index (χ0n) is 10.9. The molecule has 0 radical (unpaired) electrons. The van der Waals surface area contributed by atoms with E-state index in [9.17, 15) is 0 Å². The highest BCUT2D eigenvalue weighted by molar-refractivity contribution is 5.45. The van der Waals surface area contributed by atoms with Crippen molar-refractivity contribution < 1.29 is 4.74 Å². The molecule has 5 nitrogen and oxygen atoms in total. The molecule has 1 aromatic rings. The molecule has 1 heterocycles. The van der Waals surface area contributed by atoms with Gasteiger partial charge in [-0.25, -0.2) is 9.97 Å². The normalized spacial score (nSPS) is 12.4. The first kappa shape index (κ1) is 13.7. The minimum absolute atomic E-state index is 0.384. The third-order valence-corrected chi connectivity index (χ3v) is 2.34. The maximum absolute atomic E-state index is 5.73. The summed E-state index contributed by atoms with van der Waals surface area (Å²) < 4.78 is 5.27. The van der Waals surface area contributed by atoms with E-state index in [0.717, 1.165) is 18.7 Å². The molecule has 17 heavy (non-hydrogen) atoms. The molecule has 1 aromatic heterocycles. The van der Waals surface area contributed by atoms with Gasteiger partial charge in [-0.15, -0.1) is 0 Å². The number of nitrogens with zero attached hydrogens (tertiary/aromatic N) is 2. The Balaban J connectivity index is 2.67. The first-order valence-electron chi connectivity index (χ1n) is 6.13. The molecule has 96 valence electrons. The first-order valence-corrected chi connectivity index (χ1v) is 6.13. The molecule has 1 atom stereocenters. The van der Waals surface area contributed by atoms with Gasteiger partial charge in [0.1, 0.15) is 18.2 Å². The SMILES string of the molecule is CCCC(C)Nc1cc(N)nc(COCC)n1. The highest BCUT2D eigenvalue weighted by atomic mass is 16.5. The van der Waals surface area contributed by atoms with Crippen molar-refractivity contribution in [1.82, 2.24) is 9.97 Å². The fourth-order valence-electron chi connectivity index (χ4n) is 1.61. The molecular weight excluding hydrogens is 216 g/mol. The van der Waals surface area contributed by atoms with E-state index in [1.54, 1.807) is 6.07 Å². The predicted molar refractivity (Wildman–Crippen MR) is 69.8 cm³/mol. The summed E-state index contributed by atoms with van der Waals surface area (Å²) in [6, 6.07) is 2.14. The largest absolute Gasteiger partial charge is 0.384 e. The standard InChI is InChI=1S/C12H22N4O/c1-4-6-9(3)14-11-7-10(13)15-12(16-11)8-17-5-2/h7,9H,4-6,8H2,1-3H3,(H3,13,14,15,16). The number of anilines is 2. The second-order valence-electron chi connectivity index (χ2n) is 4.07. The number of rotatable bonds is 7. The number of nitrogens with one attached hydrogen (secondary N) is 1. The zero-order valence-corrected chi connectivity index (χ0v) is 10.9. The van der Waals surface area contributed by atoms with E-state index < -0.39 is 0 Å². The van der Waals surface area contributed by atoms with Crippen LogP contribution in [-0.4, -0.2) is 22.6 Å². The molecule has 0 saturated heterocycles. The van der Waals surface area contributed by atoms with Crippen molar-refractivity contribution in [2.24, 2.45) is 0 Å². The molecule has 0 aromatic carbocycles. The smallest absolute Gasteiger partial charge is 0.158 e. The van der Waals surface area contributed by atoms with E-state index in [2.05, 4.69) is 29.1 Å². The van der Waals surface area contributed by atoms with Gasteiger partial charge in [0, 0.05) is 18.7 Å². The Kier molecular flexibility index (Phi) is 5.69. The fourth-order valence-corrected chi connectivity index (χ4v) is 1.61. The lowest BCUT2D eigenvalue weighted by molar-refractivity contribution is 0.128. The van der Waals surface area contributed by atoms with E-state index in [1.165, 1.54) is 0 Å². The minimum atomic E-state index is 0.384. The summed E-state index contributed by atoms with van der Waals surface area (Å²) in [5, 5.41) is 3.31. The quantitative estimate of drug-likeness (QED) is 0.761. The highest BCUT2D eigenvalue weighted by Crippen LogP contribution is 2.12. The zero-order chi connectivity index (χ0) is 12.7. The van der Waals surface area contributed by atoms with Crippen LogP contribution in [0.2, 0.25) is 0 Å². The van der Waals surface area contributed by atoms with Crippen LogP contribution in [0.1, 0.15) is 39.4 Å². The Bertz CT molecular complexity index is 343. The maximum atomic E-state index is 5.73. The molecule has 0 aliphatic carbocycles. The van der Waals surface area contributed by atoms with Gasteiger partial charge in [0.25, 0.3) is 0 Å². The Labute approximate surface area is 103 Å². The molecule has 0 amide bonds. The van der Waals surface area contributed by atoms with Gasteiger partial charge in [-0.2, -0.15) is 0 Å². The second-order valence-corrected chi connectivity index (χ2v) is 4.07. The average Bonchev–Trinajstić information content (AvgIpc) is 2.25. The summed E-state index contributed by atoms with van der Waals surface area (Å²) in [4.78, 5) is 8.49.